The van der Waals surface area contributed by atoms with Crippen molar-refractivity contribution in [2.75, 3.05) is 32.1 Å². The number of rotatable bonds is 5. The third kappa shape index (κ3) is 3.92. The fraction of sp³-hybridized carbons (Fsp3) is 0.571. The Bertz CT molecular complexity index is 458. The molecule has 0 bridgehead atoms. The molecule has 106 valence electrons. The molecule has 0 radical (unpaired) electrons. The Morgan fingerprint density at radius 3 is 2.58 bits per heavy atom. The molecule has 0 saturated carbocycles. The highest BCUT2D eigenvalue weighted by Gasteiger charge is 2.20. The van der Waals surface area contributed by atoms with Gasteiger partial charge in [0, 0.05) is 13.6 Å². The summed E-state index contributed by atoms with van der Waals surface area (Å²) in [4.78, 5) is 18.0. The van der Waals surface area contributed by atoms with Crippen LogP contribution in [0.3, 0.4) is 0 Å². The molecule has 0 aromatic carbocycles. The van der Waals surface area contributed by atoms with Gasteiger partial charge < -0.3 is 15.4 Å². The zero-order valence-electron chi connectivity index (χ0n) is 12.4. The number of hydrogen-bond donors (Lipinski definition) is 1. The Kier molecular flexibility index (Phi) is 4.89. The van der Waals surface area contributed by atoms with Crippen molar-refractivity contribution in [3.8, 4) is 0 Å². The van der Waals surface area contributed by atoms with Crippen molar-refractivity contribution >= 4 is 11.8 Å². The third-order valence-electron chi connectivity index (χ3n) is 3.09. The minimum atomic E-state index is -0.360. The van der Waals surface area contributed by atoms with Crippen molar-refractivity contribution in [1.29, 1.82) is 0 Å². The van der Waals surface area contributed by atoms with Gasteiger partial charge in [0.15, 0.2) is 0 Å². The van der Waals surface area contributed by atoms with E-state index in [1.807, 2.05) is 18.0 Å². The maximum absolute atomic E-state index is 11.5. The summed E-state index contributed by atoms with van der Waals surface area (Å²) in [6, 6.07) is 3.57. The predicted molar refractivity (Wildman–Crippen MR) is 76.4 cm³/mol. The minimum Gasteiger partial charge on any atom is -0.465 e. The van der Waals surface area contributed by atoms with Gasteiger partial charge in [-0.2, -0.15) is 0 Å². The molecule has 0 amide bonds. The number of carbonyl (C=O) groups is 1. The molecule has 0 fully saturated rings. The summed E-state index contributed by atoms with van der Waals surface area (Å²) in [5, 5.41) is 0. The minimum absolute atomic E-state index is 0.0192. The molecule has 1 aromatic rings. The van der Waals surface area contributed by atoms with Gasteiger partial charge in [0.1, 0.15) is 5.82 Å². The fourth-order valence-electron chi connectivity index (χ4n) is 1.87. The van der Waals surface area contributed by atoms with Crippen molar-refractivity contribution < 1.29 is 9.53 Å². The van der Waals surface area contributed by atoms with Crippen LogP contribution in [0.4, 0.5) is 5.82 Å². The average Bonchev–Trinajstić information content (AvgIpc) is 2.37. The molecular formula is C14H23N3O2. The largest absolute Gasteiger partial charge is 0.465 e. The summed E-state index contributed by atoms with van der Waals surface area (Å²) in [6.07, 6.45) is 0. The van der Waals surface area contributed by atoms with Gasteiger partial charge in [-0.3, -0.25) is 0 Å². The van der Waals surface area contributed by atoms with Crippen LogP contribution in [0.5, 0.6) is 0 Å². The molecule has 19 heavy (non-hydrogen) atoms. The van der Waals surface area contributed by atoms with Crippen LogP contribution in [-0.4, -0.2) is 38.2 Å². The summed E-state index contributed by atoms with van der Waals surface area (Å²) in [5.74, 6) is 0.466. The first-order chi connectivity index (χ1) is 8.80. The number of hydrogen-bond acceptors (Lipinski definition) is 5. The monoisotopic (exact) mass is 265 g/mol. The number of esters is 1. The Hall–Kier alpha value is -1.62. The maximum atomic E-state index is 11.5. The molecule has 5 nitrogen and oxygen atoms in total. The van der Waals surface area contributed by atoms with Crippen LogP contribution in [0.25, 0.3) is 0 Å². The average molecular weight is 265 g/mol. The third-order valence-corrected chi connectivity index (χ3v) is 3.09. The lowest BCUT2D eigenvalue weighted by Crippen LogP contribution is -2.37. The molecule has 0 aliphatic rings. The van der Waals surface area contributed by atoms with E-state index in [4.69, 9.17) is 10.5 Å². The lowest BCUT2D eigenvalue weighted by molar-refractivity contribution is 0.0599. The van der Waals surface area contributed by atoms with E-state index in [1.165, 1.54) is 7.11 Å². The SMILES string of the molecule is COC(=O)c1ccc(N(C)CC(C)(C)CN)nc1C. The zero-order chi connectivity index (χ0) is 14.6. The fourth-order valence-corrected chi connectivity index (χ4v) is 1.87. The van der Waals surface area contributed by atoms with Crippen LogP contribution in [0, 0.1) is 12.3 Å². The number of carbonyl (C=O) groups excluding carboxylic acids is 1. The number of nitrogens with two attached hydrogens (primary N) is 1. The van der Waals surface area contributed by atoms with E-state index in [-0.39, 0.29) is 11.4 Å². The second kappa shape index (κ2) is 6.02. The Labute approximate surface area is 114 Å². The number of aromatic nitrogens is 1. The highest BCUT2D eigenvalue weighted by Crippen LogP contribution is 2.20. The first-order valence-electron chi connectivity index (χ1n) is 6.28. The summed E-state index contributed by atoms with van der Waals surface area (Å²) in [7, 11) is 3.34. The second-order valence-corrected chi connectivity index (χ2v) is 5.52. The van der Waals surface area contributed by atoms with Crippen molar-refractivity contribution in [1.82, 2.24) is 4.98 Å². The van der Waals surface area contributed by atoms with Gasteiger partial charge in [-0.15, -0.1) is 0 Å². The Morgan fingerprint density at radius 1 is 1.47 bits per heavy atom. The molecule has 0 aliphatic heterocycles. The summed E-state index contributed by atoms with van der Waals surface area (Å²) in [5.41, 5.74) is 6.92. The van der Waals surface area contributed by atoms with Gasteiger partial charge in [0.2, 0.25) is 0 Å². The number of methoxy groups -OCH3 is 1. The van der Waals surface area contributed by atoms with Gasteiger partial charge in [0.25, 0.3) is 0 Å². The van der Waals surface area contributed by atoms with Crippen LogP contribution in [-0.2, 0) is 4.74 Å². The number of anilines is 1. The van der Waals surface area contributed by atoms with Crippen LogP contribution in [0.1, 0.15) is 29.9 Å². The molecule has 2 N–H and O–H groups in total. The highest BCUT2D eigenvalue weighted by molar-refractivity contribution is 5.90. The van der Waals surface area contributed by atoms with Crippen LogP contribution in [0.15, 0.2) is 12.1 Å². The molecular weight excluding hydrogens is 242 g/mol. The smallest absolute Gasteiger partial charge is 0.339 e. The van der Waals surface area contributed by atoms with Crippen LogP contribution < -0.4 is 10.6 Å². The molecule has 1 heterocycles. The first-order valence-corrected chi connectivity index (χ1v) is 6.28. The van der Waals surface area contributed by atoms with Gasteiger partial charge in [0.05, 0.1) is 18.4 Å². The molecule has 0 spiro atoms. The van der Waals surface area contributed by atoms with Gasteiger partial charge in [-0.05, 0) is 31.0 Å². The predicted octanol–water partition coefficient (Wildman–Crippen LogP) is 1.60. The zero-order valence-corrected chi connectivity index (χ0v) is 12.4. The quantitative estimate of drug-likeness (QED) is 0.819. The number of pyridine rings is 1. The van der Waals surface area contributed by atoms with Gasteiger partial charge >= 0.3 is 5.97 Å². The molecule has 1 rings (SSSR count). The van der Waals surface area contributed by atoms with Crippen LogP contribution >= 0.6 is 0 Å². The van der Waals surface area contributed by atoms with Gasteiger partial charge in [-0.25, -0.2) is 9.78 Å². The topological polar surface area (TPSA) is 68.5 Å². The molecule has 0 unspecified atom stereocenters. The Balaban J connectivity index is 2.92. The summed E-state index contributed by atoms with van der Waals surface area (Å²) < 4.78 is 4.71. The van der Waals surface area contributed by atoms with Crippen molar-refractivity contribution in [2.45, 2.75) is 20.8 Å². The highest BCUT2D eigenvalue weighted by atomic mass is 16.5. The standard InChI is InChI=1S/C14H23N3O2/c1-10-11(13(18)19-5)6-7-12(16-10)17(4)9-14(2,3)8-15/h6-7H,8-9,15H2,1-5H3. The van der Waals surface area contributed by atoms with E-state index in [1.54, 1.807) is 13.0 Å². The van der Waals surface area contributed by atoms with Crippen molar-refractivity contribution in [3.05, 3.63) is 23.4 Å². The molecule has 5 heteroatoms. The van der Waals surface area contributed by atoms with E-state index in [0.29, 0.717) is 17.8 Å². The molecule has 1 aromatic heterocycles. The van der Waals surface area contributed by atoms with Gasteiger partial charge in [-0.1, -0.05) is 13.8 Å². The summed E-state index contributed by atoms with van der Waals surface area (Å²) in [6.45, 7) is 7.43. The lowest BCUT2D eigenvalue weighted by Gasteiger charge is -2.30. The van der Waals surface area contributed by atoms with Crippen molar-refractivity contribution in [2.24, 2.45) is 11.1 Å². The van der Waals surface area contributed by atoms with E-state index in [9.17, 15) is 4.79 Å². The van der Waals surface area contributed by atoms with E-state index < -0.39 is 0 Å². The van der Waals surface area contributed by atoms with E-state index in [2.05, 4.69) is 18.8 Å². The van der Waals surface area contributed by atoms with E-state index in [0.717, 1.165) is 12.4 Å². The second-order valence-electron chi connectivity index (χ2n) is 5.52. The lowest BCUT2D eigenvalue weighted by atomic mass is 9.93. The normalized spacial score (nSPS) is 11.3. The first kappa shape index (κ1) is 15.4. The summed E-state index contributed by atoms with van der Waals surface area (Å²) >= 11 is 0. The Morgan fingerprint density at radius 2 is 2.11 bits per heavy atom. The number of aryl methyl sites for hydroxylation is 1. The number of ether oxygens (including phenoxy) is 1. The molecule has 0 saturated heterocycles. The number of nitrogens with zero attached hydrogens (tertiary/aromatic N) is 2. The molecule has 0 atom stereocenters. The van der Waals surface area contributed by atoms with Crippen LogP contribution in [0.2, 0.25) is 0 Å². The molecule has 0 aliphatic carbocycles. The maximum Gasteiger partial charge on any atom is 0.339 e. The van der Waals surface area contributed by atoms with Crippen molar-refractivity contribution in [3.63, 3.8) is 0 Å². The van der Waals surface area contributed by atoms with E-state index >= 15 is 0 Å².